The van der Waals surface area contributed by atoms with Crippen LogP contribution >= 0.6 is 11.3 Å². The summed E-state index contributed by atoms with van der Waals surface area (Å²) >= 11 is 1.76. The molecular formula is C23H27N5O2S. The molecule has 162 valence electrons. The molecule has 0 radical (unpaired) electrons. The predicted octanol–water partition coefficient (Wildman–Crippen LogP) is 5.98. The highest BCUT2D eigenvalue weighted by Crippen LogP contribution is 2.45. The van der Waals surface area contributed by atoms with E-state index in [0.29, 0.717) is 28.4 Å². The third-order valence-corrected chi connectivity index (χ3v) is 7.86. The highest BCUT2D eigenvalue weighted by molar-refractivity contribution is 7.19. The summed E-state index contributed by atoms with van der Waals surface area (Å²) in [5.41, 5.74) is 6.16. The topological polar surface area (TPSA) is 93.3 Å². The number of aromatic nitrogens is 2. The van der Waals surface area contributed by atoms with Crippen molar-refractivity contribution in [2.45, 2.75) is 53.4 Å². The van der Waals surface area contributed by atoms with Gasteiger partial charge >= 0.3 is 0 Å². The van der Waals surface area contributed by atoms with Gasteiger partial charge in [0.15, 0.2) is 5.82 Å². The van der Waals surface area contributed by atoms with Gasteiger partial charge in [-0.15, -0.1) is 11.3 Å². The van der Waals surface area contributed by atoms with Crippen LogP contribution in [0, 0.1) is 21.4 Å². The van der Waals surface area contributed by atoms with Crippen molar-refractivity contribution in [3.05, 3.63) is 56.7 Å². The van der Waals surface area contributed by atoms with Gasteiger partial charge < -0.3 is 0 Å². The first-order valence-electron chi connectivity index (χ1n) is 10.6. The maximum Gasteiger partial charge on any atom is 0.270 e. The molecule has 1 unspecified atom stereocenters. The number of nitrogens with one attached hydrogen (secondary N) is 1. The number of benzene rings is 1. The van der Waals surface area contributed by atoms with Crippen LogP contribution in [0.1, 0.15) is 56.5 Å². The third kappa shape index (κ3) is 4.17. The van der Waals surface area contributed by atoms with Crippen LogP contribution in [0.5, 0.6) is 0 Å². The Kier molecular flexibility index (Phi) is 5.75. The van der Waals surface area contributed by atoms with E-state index in [1.54, 1.807) is 23.7 Å². The number of aryl methyl sites for hydroxylation is 1. The van der Waals surface area contributed by atoms with E-state index in [-0.39, 0.29) is 5.69 Å². The molecule has 1 aliphatic carbocycles. The van der Waals surface area contributed by atoms with Gasteiger partial charge in [-0.1, -0.05) is 39.3 Å². The van der Waals surface area contributed by atoms with Crippen molar-refractivity contribution in [3.63, 3.8) is 0 Å². The lowest BCUT2D eigenvalue weighted by Crippen LogP contribution is -2.28. The summed E-state index contributed by atoms with van der Waals surface area (Å²) in [4.78, 5) is 22.0. The number of nitro benzene ring substituents is 1. The van der Waals surface area contributed by atoms with E-state index in [4.69, 9.17) is 0 Å². The van der Waals surface area contributed by atoms with Gasteiger partial charge in [0.2, 0.25) is 0 Å². The second-order valence-electron chi connectivity index (χ2n) is 8.80. The van der Waals surface area contributed by atoms with Crippen molar-refractivity contribution < 1.29 is 4.92 Å². The molecule has 1 aromatic carbocycles. The highest BCUT2D eigenvalue weighted by atomic mass is 32.1. The van der Waals surface area contributed by atoms with E-state index in [2.05, 4.69) is 41.3 Å². The minimum Gasteiger partial charge on any atom is -0.260 e. The molecule has 0 saturated carbocycles. The molecule has 1 aliphatic rings. The van der Waals surface area contributed by atoms with Crippen molar-refractivity contribution in [2.75, 3.05) is 5.43 Å². The summed E-state index contributed by atoms with van der Waals surface area (Å²) in [7, 11) is 0. The summed E-state index contributed by atoms with van der Waals surface area (Å²) in [5, 5.41) is 16.6. The number of non-ortho nitro benzene ring substituents is 1. The zero-order valence-electron chi connectivity index (χ0n) is 18.3. The number of anilines is 1. The lowest BCUT2D eigenvalue weighted by atomic mass is 9.69. The Morgan fingerprint density at radius 1 is 1.39 bits per heavy atom. The minimum atomic E-state index is -0.399. The van der Waals surface area contributed by atoms with Crippen LogP contribution in [-0.4, -0.2) is 20.6 Å². The van der Waals surface area contributed by atoms with Crippen LogP contribution in [0.2, 0.25) is 0 Å². The fraction of sp³-hybridized carbons (Fsp3) is 0.435. The standard InChI is InChI=1S/C23H27N5O2S/c1-5-23(3,4)16-9-10-19-18(12-16)20-21(24-13-25-22(20)31-19)27-26-14(2)15-7-6-8-17(11-15)28(29)30/h6-8,11,13,16H,5,9-10,12H2,1-4H3,(H,24,25,27)/b26-14+. The first-order valence-corrected chi connectivity index (χ1v) is 11.4. The van der Waals surface area contributed by atoms with Gasteiger partial charge in [0.05, 0.1) is 16.0 Å². The fourth-order valence-corrected chi connectivity index (χ4v) is 5.38. The zero-order valence-corrected chi connectivity index (χ0v) is 19.1. The van der Waals surface area contributed by atoms with Gasteiger partial charge in [-0.05, 0) is 43.1 Å². The molecule has 0 spiro atoms. The zero-order chi connectivity index (χ0) is 22.2. The number of nitro groups is 1. The van der Waals surface area contributed by atoms with Gasteiger partial charge in [0.1, 0.15) is 11.2 Å². The number of hydrazone groups is 1. The molecule has 2 heterocycles. The Hall–Kier alpha value is -2.87. The van der Waals surface area contributed by atoms with Crippen molar-refractivity contribution in [3.8, 4) is 0 Å². The van der Waals surface area contributed by atoms with Crippen LogP contribution in [0.4, 0.5) is 11.5 Å². The third-order valence-electron chi connectivity index (χ3n) is 6.66. The van der Waals surface area contributed by atoms with Gasteiger partial charge in [-0.3, -0.25) is 15.5 Å². The molecular weight excluding hydrogens is 410 g/mol. The molecule has 2 aromatic heterocycles. The molecule has 8 heteroatoms. The Morgan fingerprint density at radius 3 is 2.94 bits per heavy atom. The molecule has 1 N–H and O–H groups in total. The van der Waals surface area contributed by atoms with Crippen molar-refractivity contribution in [1.82, 2.24) is 9.97 Å². The van der Waals surface area contributed by atoms with E-state index in [9.17, 15) is 10.1 Å². The van der Waals surface area contributed by atoms with Gasteiger partial charge in [-0.2, -0.15) is 5.10 Å². The molecule has 7 nitrogen and oxygen atoms in total. The molecule has 0 fully saturated rings. The maximum absolute atomic E-state index is 11.1. The fourth-order valence-electron chi connectivity index (χ4n) is 4.19. The van der Waals surface area contributed by atoms with E-state index < -0.39 is 4.92 Å². The Balaban J connectivity index is 1.66. The molecule has 0 saturated heterocycles. The van der Waals surface area contributed by atoms with E-state index in [1.807, 2.05) is 13.0 Å². The summed E-state index contributed by atoms with van der Waals surface area (Å²) in [6.45, 7) is 8.81. The molecule has 3 aromatic rings. The Bertz CT molecular complexity index is 1170. The van der Waals surface area contributed by atoms with Crippen molar-refractivity contribution in [1.29, 1.82) is 0 Å². The maximum atomic E-state index is 11.1. The Morgan fingerprint density at radius 2 is 2.19 bits per heavy atom. The van der Waals surface area contributed by atoms with E-state index in [1.165, 1.54) is 29.0 Å². The Labute approximate surface area is 185 Å². The number of hydrogen-bond acceptors (Lipinski definition) is 7. The van der Waals surface area contributed by atoms with E-state index >= 15 is 0 Å². The number of hydrogen-bond donors (Lipinski definition) is 1. The smallest absolute Gasteiger partial charge is 0.260 e. The SMILES string of the molecule is CCC(C)(C)C1CCc2sc3ncnc(N/N=C(\C)c4cccc([N+](=O)[O-])c4)c3c2C1. The average molecular weight is 438 g/mol. The molecule has 0 amide bonds. The van der Waals surface area contributed by atoms with Crippen LogP contribution in [0.25, 0.3) is 10.2 Å². The number of thiophene rings is 1. The quantitative estimate of drug-likeness (QED) is 0.291. The molecule has 0 bridgehead atoms. The normalized spacial score (nSPS) is 16.9. The number of rotatable bonds is 6. The molecule has 4 rings (SSSR count). The predicted molar refractivity (Wildman–Crippen MR) is 126 cm³/mol. The van der Waals surface area contributed by atoms with Crippen LogP contribution in [-0.2, 0) is 12.8 Å². The lowest BCUT2D eigenvalue weighted by Gasteiger charge is -2.36. The van der Waals surface area contributed by atoms with Gasteiger partial charge in [-0.25, -0.2) is 9.97 Å². The first-order chi connectivity index (χ1) is 14.8. The van der Waals surface area contributed by atoms with E-state index in [0.717, 1.165) is 29.5 Å². The van der Waals surface area contributed by atoms with Crippen LogP contribution < -0.4 is 5.43 Å². The molecule has 1 atom stereocenters. The van der Waals surface area contributed by atoms with Crippen molar-refractivity contribution in [2.24, 2.45) is 16.4 Å². The summed E-state index contributed by atoms with van der Waals surface area (Å²) < 4.78 is 0. The second kappa shape index (κ2) is 8.34. The highest BCUT2D eigenvalue weighted by Gasteiger charge is 2.33. The average Bonchev–Trinajstić information content (AvgIpc) is 3.16. The number of fused-ring (bicyclic) bond motifs is 3. The minimum absolute atomic E-state index is 0.0490. The molecule has 0 aliphatic heterocycles. The van der Waals surface area contributed by atoms with Crippen LogP contribution in [0.3, 0.4) is 0 Å². The lowest BCUT2D eigenvalue weighted by molar-refractivity contribution is -0.384. The largest absolute Gasteiger partial charge is 0.270 e. The van der Waals surface area contributed by atoms with Gasteiger partial charge in [0, 0.05) is 22.6 Å². The summed E-state index contributed by atoms with van der Waals surface area (Å²) in [5.74, 6) is 1.33. The second-order valence-corrected chi connectivity index (χ2v) is 9.89. The van der Waals surface area contributed by atoms with Gasteiger partial charge in [0.25, 0.3) is 5.69 Å². The molecule has 31 heavy (non-hydrogen) atoms. The monoisotopic (exact) mass is 437 g/mol. The summed E-state index contributed by atoms with van der Waals surface area (Å²) in [6.07, 6.45) is 6.05. The summed E-state index contributed by atoms with van der Waals surface area (Å²) in [6, 6.07) is 6.48. The number of nitrogens with zero attached hydrogens (tertiary/aromatic N) is 4. The first kappa shape index (κ1) is 21.4. The van der Waals surface area contributed by atoms with Crippen LogP contribution in [0.15, 0.2) is 35.7 Å². The van der Waals surface area contributed by atoms with Crippen molar-refractivity contribution >= 4 is 38.8 Å².